The smallest absolute Gasteiger partial charge is 0.306 e. The van der Waals surface area contributed by atoms with E-state index >= 15 is 0 Å². The topological polar surface area (TPSA) is 125 Å². The van der Waals surface area contributed by atoms with E-state index in [2.05, 4.69) is 12.2 Å². The van der Waals surface area contributed by atoms with Crippen LogP contribution in [0.5, 0.6) is 0 Å². The number of hydrogen-bond donors (Lipinski definition) is 2. The molecule has 5 bridgehead atoms. The molecule has 3 amide bonds. The fourth-order valence-corrected chi connectivity index (χ4v) is 7.20. The SMILES string of the molecule is CCCCCN1C/C=C\CCC(=O)OC[C@@H](c2ccccc2)NC(=O)[C@@H]2[C@@H]3C=C[C@]4(O3)[C@H](C1=O)N(CCCCCCO)C(=O)[C@@H]24. The number of carbonyl (C=O) groups is 4. The number of nitrogens with one attached hydrogen (secondary N) is 1. The predicted octanol–water partition coefficient (Wildman–Crippen LogP) is 3.46. The van der Waals surface area contributed by atoms with E-state index < -0.39 is 35.6 Å². The van der Waals surface area contributed by atoms with Crippen molar-refractivity contribution in [2.45, 2.75) is 88.5 Å². The zero-order valence-electron chi connectivity index (χ0n) is 26.3. The maximum absolute atomic E-state index is 14.6. The predicted molar refractivity (Wildman–Crippen MR) is 168 cm³/mol. The van der Waals surface area contributed by atoms with Crippen molar-refractivity contribution in [1.29, 1.82) is 0 Å². The van der Waals surface area contributed by atoms with Gasteiger partial charge in [-0.2, -0.15) is 0 Å². The summed E-state index contributed by atoms with van der Waals surface area (Å²) in [5, 5.41) is 12.3. The maximum Gasteiger partial charge on any atom is 0.306 e. The number of nitrogens with zero attached hydrogens (tertiary/aromatic N) is 2. The van der Waals surface area contributed by atoms with E-state index in [0.29, 0.717) is 38.9 Å². The third-order valence-corrected chi connectivity index (χ3v) is 9.50. The molecule has 6 atom stereocenters. The Morgan fingerprint density at radius 3 is 2.51 bits per heavy atom. The Labute approximate surface area is 265 Å². The van der Waals surface area contributed by atoms with Gasteiger partial charge in [-0.05, 0) is 31.2 Å². The lowest BCUT2D eigenvalue weighted by Crippen LogP contribution is -2.56. The molecule has 4 aliphatic heterocycles. The summed E-state index contributed by atoms with van der Waals surface area (Å²) in [6.45, 7) is 3.44. The Kier molecular flexibility index (Phi) is 11.1. The first kappa shape index (κ1) is 32.9. The van der Waals surface area contributed by atoms with E-state index in [1.165, 1.54) is 0 Å². The van der Waals surface area contributed by atoms with Gasteiger partial charge in [0.2, 0.25) is 17.7 Å². The lowest BCUT2D eigenvalue weighted by Gasteiger charge is -2.36. The molecule has 10 nitrogen and oxygen atoms in total. The lowest BCUT2D eigenvalue weighted by atomic mass is 9.74. The minimum Gasteiger partial charge on any atom is -0.463 e. The summed E-state index contributed by atoms with van der Waals surface area (Å²) in [4.78, 5) is 59.1. The molecule has 5 rings (SSSR count). The molecular formula is C35H47N3O7. The van der Waals surface area contributed by atoms with Crippen LogP contribution in [0.25, 0.3) is 0 Å². The van der Waals surface area contributed by atoms with Crippen LogP contribution in [-0.2, 0) is 28.7 Å². The lowest BCUT2D eigenvalue weighted by molar-refractivity contribution is -0.148. The van der Waals surface area contributed by atoms with Gasteiger partial charge in [0.15, 0.2) is 0 Å². The number of ether oxygens (including phenoxy) is 2. The standard InChI is InChI=1S/C35H47N3O7/c1-2-3-11-20-37-21-12-7-10-17-28(40)44-24-26(25-15-8-6-9-16-25)36-32(41)29-27-18-19-35(45-27)30(29)33(42)38(31(35)34(37)43)22-13-4-5-14-23-39/h6-9,12,15-16,18-19,26-27,29-31,39H,2-5,10-11,13-14,17,20-24H2,1H3,(H,36,41)/b12-7-/t26-,27-,29+,30+,31-,35+/m0/s1. The third kappa shape index (κ3) is 7.02. The monoisotopic (exact) mass is 621 g/mol. The van der Waals surface area contributed by atoms with Crippen molar-refractivity contribution in [2.75, 3.05) is 32.8 Å². The molecule has 0 aromatic heterocycles. The maximum atomic E-state index is 14.6. The summed E-state index contributed by atoms with van der Waals surface area (Å²) in [5.74, 6) is -2.83. The van der Waals surface area contributed by atoms with Gasteiger partial charge in [-0.25, -0.2) is 0 Å². The van der Waals surface area contributed by atoms with Crippen molar-refractivity contribution < 1.29 is 33.8 Å². The molecule has 2 fully saturated rings. The van der Waals surface area contributed by atoms with Gasteiger partial charge in [-0.1, -0.05) is 87.2 Å². The Balaban J connectivity index is 1.50. The zero-order valence-corrected chi connectivity index (χ0v) is 26.3. The van der Waals surface area contributed by atoms with Gasteiger partial charge in [0.05, 0.1) is 24.0 Å². The minimum atomic E-state index is -1.23. The van der Waals surface area contributed by atoms with Crippen LogP contribution in [0.15, 0.2) is 54.6 Å². The Morgan fingerprint density at radius 1 is 0.956 bits per heavy atom. The van der Waals surface area contributed by atoms with Crippen molar-refractivity contribution >= 4 is 23.7 Å². The number of rotatable bonds is 11. The van der Waals surface area contributed by atoms with Crippen LogP contribution in [0, 0.1) is 11.8 Å². The summed E-state index contributed by atoms with van der Waals surface area (Å²) in [6.07, 6.45) is 13.3. The van der Waals surface area contributed by atoms with E-state index in [1.54, 1.807) is 9.80 Å². The van der Waals surface area contributed by atoms with Crippen LogP contribution in [0.2, 0.25) is 0 Å². The number of esters is 1. The molecule has 2 N–H and O–H groups in total. The third-order valence-electron chi connectivity index (χ3n) is 9.50. The Morgan fingerprint density at radius 2 is 1.73 bits per heavy atom. The molecule has 0 aliphatic carbocycles. The molecular weight excluding hydrogens is 574 g/mol. The summed E-state index contributed by atoms with van der Waals surface area (Å²) < 4.78 is 12.2. The number of amides is 3. The molecule has 0 unspecified atom stereocenters. The Bertz CT molecular complexity index is 1270. The number of cyclic esters (lactones) is 1. The molecule has 1 spiro atoms. The molecule has 4 aliphatic rings. The highest BCUT2D eigenvalue weighted by Crippen LogP contribution is 2.55. The van der Waals surface area contributed by atoms with Crippen LogP contribution in [0.4, 0.5) is 0 Å². The average Bonchev–Trinajstić information content (AvgIpc) is 3.69. The van der Waals surface area contributed by atoms with Gasteiger partial charge in [0.25, 0.3) is 0 Å². The molecule has 1 aromatic carbocycles. The van der Waals surface area contributed by atoms with Crippen molar-refractivity contribution in [3.63, 3.8) is 0 Å². The first-order chi connectivity index (χ1) is 21.9. The van der Waals surface area contributed by atoms with Crippen molar-refractivity contribution in [2.24, 2.45) is 11.8 Å². The van der Waals surface area contributed by atoms with Gasteiger partial charge in [-0.3, -0.25) is 19.2 Å². The first-order valence-electron chi connectivity index (χ1n) is 16.6. The summed E-state index contributed by atoms with van der Waals surface area (Å²) in [6, 6.07) is 7.82. The van der Waals surface area contributed by atoms with Crippen molar-refractivity contribution in [3.05, 3.63) is 60.2 Å². The highest BCUT2D eigenvalue weighted by Gasteiger charge is 2.73. The normalized spacial score (nSPS) is 30.8. The van der Waals surface area contributed by atoms with Gasteiger partial charge in [0, 0.05) is 32.7 Å². The number of unbranched alkanes of at least 4 members (excludes halogenated alkanes) is 5. The van der Waals surface area contributed by atoms with Crippen LogP contribution >= 0.6 is 0 Å². The zero-order chi connectivity index (χ0) is 31.8. The molecule has 4 heterocycles. The van der Waals surface area contributed by atoms with Gasteiger partial charge >= 0.3 is 5.97 Å². The first-order valence-corrected chi connectivity index (χ1v) is 16.6. The largest absolute Gasteiger partial charge is 0.463 e. The number of benzene rings is 1. The van der Waals surface area contributed by atoms with E-state index in [0.717, 1.165) is 37.7 Å². The van der Waals surface area contributed by atoms with Crippen molar-refractivity contribution in [3.8, 4) is 0 Å². The number of likely N-dealkylation sites (tertiary alicyclic amines) is 1. The number of carbonyl (C=O) groups excluding carboxylic acids is 4. The van der Waals surface area contributed by atoms with E-state index in [1.807, 2.05) is 54.6 Å². The molecule has 45 heavy (non-hydrogen) atoms. The average molecular weight is 622 g/mol. The quantitative estimate of drug-likeness (QED) is 0.220. The summed E-state index contributed by atoms with van der Waals surface area (Å²) >= 11 is 0. The second-order valence-electron chi connectivity index (χ2n) is 12.5. The highest BCUT2D eigenvalue weighted by molar-refractivity contribution is 6.00. The number of hydrogen-bond acceptors (Lipinski definition) is 7. The second-order valence-corrected chi connectivity index (χ2v) is 12.5. The van der Waals surface area contributed by atoms with Crippen LogP contribution in [-0.4, -0.2) is 89.2 Å². The molecule has 10 heteroatoms. The number of fused-ring (bicyclic) bond motifs is 2. The second kappa shape index (κ2) is 15.2. The minimum absolute atomic E-state index is 0.0393. The summed E-state index contributed by atoms with van der Waals surface area (Å²) in [7, 11) is 0. The molecule has 0 radical (unpaired) electrons. The van der Waals surface area contributed by atoms with Gasteiger partial charge in [0.1, 0.15) is 18.2 Å². The fourth-order valence-electron chi connectivity index (χ4n) is 7.20. The van der Waals surface area contributed by atoms with Gasteiger partial charge < -0.3 is 29.7 Å². The highest BCUT2D eigenvalue weighted by atomic mass is 16.5. The Hall–Kier alpha value is -3.50. The van der Waals surface area contributed by atoms with E-state index in [-0.39, 0.29) is 43.3 Å². The molecule has 1 aromatic rings. The van der Waals surface area contributed by atoms with E-state index in [4.69, 9.17) is 9.47 Å². The van der Waals surface area contributed by atoms with Crippen molar-refractivity contribution in [1.82, 2.24) is 15.1 Å². The summed E-state index contributed by atoms with van der Waals surface area (Å²) in [5.41, 5.74) is -0.453. The van der Waals surface area contributed by atoms with Gasteiger partial charge in [-0.15, -0.1) is 0 Å². The molecule has 244 valence electrons. The van der Waals surface area contributed by atoms with E-state index in [9.17, 15) is 24.3 Å². The fraction of sp³-hybridized carbons (Fsp3) is 0.600. The number of allylic oxidation sites excluding steroid dienone is 1. The van der Waals surface area contributed by atoms with Crippen LogP contribution in [0.3, 0.4) is 0 Å². The number of aliphatic hydroxyl groups is 1. The molecule has 0 saturated carbocycles. The van der Waals surface area contributed by atoms with Crippen LogP contribution < -0.4 is 5.32 Å². The van der Waals surface area contributed by atoms with Crippen LogP contribution in [0.1, 0.15) is 76.3 Å². The molecule has 2 saturated heterocycles. The number of aliphatic hydroxyl groups excluding tert-OH is 1.